The lowest BCUT2D eigenvalue weighted by Gasteiger charge is -2.35. The predicted molar refractivity (Wildman–Crippen MR) is 95.2 cm³/mol. The number of fused-ring (bicyclic) bond motifs is 1. The Kier molecular flexibility index (Phi) is 4.66. The summed E-state index contributed by atoms with van der Waals surface area (Å²) in [5, 5.41) is 0. The van der Waals surface area contributed by atoms with E-state index in [9.17, 15) is 14.0 Å². The minimum absolute atomic E-state index is 0.00622. The van der Waals surface area contributed by atoms with Crippen molar-refractivity contribution in [2.75, 3.05) is 33.0 Å². The van der Waals surface area contributed by atoms with Gasteiger partial charge in [-0.3, -0.25) is 9.59 Å². The molecule has 2 aliphatic rings. The SMILES string of the molecule is O=C(Cc1ccc2c(c1)OCO2)N1CCN(C(=O)c2cccc(F)c2)CC1. The van der Waals surface area contributed by atoms with Crippen molar-refractivity contribution in [3.05, 3.63) is 59.4 Å². The molecule has 2 aromatic rings. The van der Waals surface area contributed by atoms with Gasteiger partial charge >= 0.3 is 0 Å². The Morgan fingerprint density at radius 2 is 1.67 bits per heavy atom. The summed E-state index contributed by atoms with van der Waals surface area (Å²) in [6.45, 7) is 1.99. The number of hydrogen-bond donors (Lipinski definition) is 0. The van der Waals surface area contributed by atoms with E-state index >= 15 is 0 Å². The van der Waals surface area contributed by atoms with Crippen molar-refractivity contribution >= 4 is 11.8 Å². The molecule has 27 heavy (non-hydrogen) atoms. The van der Waals surface area contributed by atoms with Crippen LogP contribution < -0.4 is 9.47 Å². The zero-order valence-electron chi connectivity index (χ0n) is 14.7. The van der Waals surface area contributed by atoms with Crippen molar-refractivity contribution in [3.8, 4) is 11.5 Å². The van der Waals surface area contributed by atoms with Gasteiger partial charge in [0.05, 0.1) is 6.42 Å². The number of nitrogens with zero attached hydrogens (tertiary/aromatic N) is 2. The average Bonchev–Trinajstić information content (AvgIpc) is 3.15. The quantitative estimate of drug-likeness (QED) is 0.830. The fourth-order valence-corrected chi connectivity index (χ4v) is 3.30. The van der Waals surface area contributed by atoms with Gasteiger partial charge in [0.1, 0.15) is 5.82 Å². The molecule has 6 nitrogen and oxygen atoms in total. The highest BCUT2D eigenvalue weighted by atomic mass is 19.1. The van der Waals surface area contributed by atoms with Crippen molar-refractivity contribution in [3.63, 3.8) is 0 Å². The first-order valence-electron chi connectivity index (χ1n) is 8.81. The third-order valence-corrected chi connectivity index (χ3v) is 4.78. The maximum atomic E-state index is 13.3. The van der Waals surface area contributed by atoms with E-state index < -0.39 is 5.82 Å². The normalized spacial score (nSPS) is 15.7. The Hall–Kier alpha value is -3.09. The molecule has 0 spiro atoms. The standard InChI is InChI=1S/C20H19FN2O4/c21-16-3-1-2-15(12-16)20(25)23-8-6-22(7-9-23)19(24)11-14-4-5-17-18(10-14)27-13-26-17/h1-5,10,12H,6-9,11,13H2. The second-order valence-corrected chi connectivity index (χ2v) is 6.55. The van der Waals surface area contributed by atoms with Crippen LogP contribution in [-0.2, 0) is 11.2 Å². The summed E-state index contributed by atoms with van der Waals surface area (Å²) in [5.74, 6) is 0.712. The van der Waals surface area contributed by atoms with Crippen LogP contribution in [-0.4, -0.2) is 54.6 Å². The predicted octanol–water partition coefficient (Wildman–Crippen LogP) is 2.08. The molecule has 140 valence electrons. The maximum Gasteiger partial charge on any atom is 0.254 e. The Bertz CT molecular complexity index is 878. The summed E-state index contributed by atoms with van der Waals surface area (Å²) in [7, 11) is 0. The van der Waals surface area contributed by atoms with E-state index in [0.717, 1.165) is 5.56 Å². The molecule has 2 aliphatic heterocycles. The van der Waals surface area contributed by atoms with Crippen molar-refractivity contribution in [2.45, 2.75) is 6.42 Å². The maximum absolute atomic E-state index is 13.3. The van der Waals surface area contributed by atoms with Gasteiger partial charge < -0.3 is 19.3 Å². The second kappa shape index (κ2) is 7.26. The van der Waals surface area contributed by atoms with E-state index in [1.165, 1.54) is 18.2 Å². The molecule has 0 aromatic heterocycles. The Morgan fingerprint density at radius 1 is 0.926 bits per heavy atom. The van der Waals surface area contributed by atoms with Crippen LogP contribution in [0.1, 0.15) is 15.9 Å². The van der Waals surface area contributed by atoms with Crippen molar-refractivity contribution < 1.29 is 23.5 Å². The number of ether oxygens (including phenoxy) is 2. The molecular formula is C20H19FN2O4. The molecule has 2 amide bonds. The van der Waals surface area contributed by atoms with Crippen LogP contribution in [0.2, 0.25) is 0 Å². The summed E-state index contributed by atoms with van der Waals surface area (Å²) < 4.78 is 23.9. The van der Waals surface area contributed by atoms with Gasteiger partial charge in [-0.2, -0.15) is 0 Å². The fourth-order valence-electron chi connectivity index (χ4n) is 3.30. The number of amides is 2. The minimum atomic E-state index is -0.432. The van der Waals surface area contributed by atoms with Crippen LogP contribution >= 0.6 is 0 Å². The van der Waals surface area contributed by atoms with Crippen molar-refractivity contribution in [1.29, 1.82) is 0 Å². The van der Waals surface area contributed by atoms with Gasteiger partial charge in [0, 0.05) is 31.7 Å². The zero-order valence-corrected chi connectivity index (χ0v) is 14.7. The van der Waals surface area contributed by atoms with Crippen molar-refractivity contribution in [2.24, 2.45) is 0 Å². The van der Waals surface area contributed by atoms with Crippen LogP contribution in [0.3, 0.4) is 0 Å². The summed E-state index contributed by atoms with van der Waals surface area (Å²) in [4.78, 5) is 28.4. The van der Waals surface area contributed by atoms with Crippen LogP contribution in [0.25, 0.3) is 0 Å². The van der Waals surface area contributed by atoms with E-state index in [4.69, 9.17) is 9.47 Å². The molecule has 0 bridgehead atoms. The molecule has 4 rings (SSSR count). The third kappa shape index (κ3) is 3.72. The molecule has 2 heterocycles. The lowest BCUT2D eigenvalue weighted by atomic mass is 10.1. The van der Waals surface area contributed by atoms with Gasteiger partial charge in [-0.1, -0.05) is 12.1 Å². The fraction of sp³-hybridized carbons (Fsp3) is 0.300. The van der Waals surface area contributed by atoms with E-state index in [-0.39, 0.29) is 25.0 Å². The molecule has 0 aliphatic carbocycles. The van der Waals surface area contributed by atoms with E-state index in [0.29, 0.717) is 43.2 Å². The highest BCUT2D eigenvalue weighted by molar-refractivity contribution is 5.94. The summed E-state index contributed by atoms with van der Waals surface area (Å²) in [6, 6.07) is 11.2. The number of carbonyl (C=O) groups is 2. The second-order valence-electron chi connectivity index (χ2n) is 6.55. The van der Waals surface area contributed by atoms with Crippen molar-refractivity contribution in [1.82, 2.24) is 9.80 Å². The van der Waals surface area contributed by atoms with Crippen LogP contribution in [0.4, 0.5) is 4.39 Å². The number of piperazine rings is 1. The highest BCUT2D eigenvalue weighted by Crippen LogP contribution is 2.32. The number of halogens is 1. The molecule has 0 saturated carbocycles. The molecule has 2 aromatic carbocycles. The monoisotopic (exact) mass is 370 g/mol. The Morgan fingerprint density at radius 3 is 2.44 bits per heavy atom. The first-order valence-corrected chi connectivity index (χ1v) is 8.81. The number of rotatable bonds is 3. The molecule has 0 unspecified atom stereocenters. The van der Waals surface area contributed by atoms with Gasteiger partial charge in [0.15, 0.2) is 11.5 Å². The molecule has 0 radical (unpaired) electrons. The summed E-state index contributed by atoms with van der Waals surface area (Å²) in [5.41, 5.74) is 1.19. The van der Waals surface area contributed by atoms with Gasteiger partial charge in [-0.05, 0) is 35.9 Å². The van der Waals surface area contributed by atoms with Gasteiger partial charge in [-0.25, -0.2) is 4.39 Å². The molecule has 1 fully saturated rings. The van der Waals surface area contributed by atoms with E-state index in [1.54, 1.807) is 21.9 Å². The lowest BCUT2D eigenvalue weighted by Crippen LogP contribution is -2.51. The first-order chi connectivity index (χ1) is 13.1. The average molecular weight is 370 g/mol. The first kappa shape index (κ1) is 17.3. The zero-order chi connectivity index (χ0) is 18.8. The largest absolute Gasteiger partial charge is 0.454 e. The third-order valence-electron chi connectivity index (χ3n) is 4.78. The van der Waals surface area contributed by atoms with Gasteiger partial charge in [-0.15, -0.1) is 0 Å². The molecular weight excluding hydrogens is 351 g/mol. The topological polar surface area (TPSA) is 59.1 Å². The lowest BCUT2D eigenvalue weighted by molar-refractivity contribution is -0.131. The summed E-state index contributed by atoms with van der Waals surface area (Å²) >= 11 is 0. The minimum Gasteiger partial charge on any atom is -0.454 e. The highest BCUT2D eigenvalue weighted by Gasteiger charge is 2.25. The van der Waals surface area contributed by atoms with E-state index in [2.05, 4.69) is 0 Å². The van der Waals surface area contributed by atoms with Gasteiger partial charge in [0.25, 0.3) is 5.91 Å². The van der Waals surface area contributed by atoms with Crippen LogP contribution in [0, 0.1) is 5.82 Å². The molecule has 1 saturated heterocycles. The molecule has 0 atom stereocenters. The molecule has 7 heteroatoms. The smallest absolute Gasteiger partial charge is 0.254 e. The van der Waals surface area contributed by atoms with Crippen LogP contribution in [0.15, 0.2) is 42.5 Å². The number of carbonyl (C=O) groups excluding carboxylic acids is 2. The van der Waals surface area contributed by atoms with Gasteiger partial charge in [0.2, 0.25) is 12.7 Å². The molecule has 0 N–H and O–H groups in total. The number of benzene rings is 2. The van der Waals surface area contributed by atoms with E-state index in [1.807, 2.05) is 12.1 Å². The Balaban J connectivity index is 1.33. The summed E-state index contributed by atoms with van der Waals surface area (Å²) in [6.07, 6.45) is 0.272. The number of hydrogen-bond acceptors (Lipinski definition) is 4. The Labute approximate surface area is 156 Å². The van der Waals surface area contributed by atoms with Crippen LogP contribution in [0.5, 0.6) is 11.5 Å².